The van der Waals surface area contributed by atoms with Gasteiger partial charge in [-0.3, -0.25) is 4.79 Å². The molecule has 1 saturated carbocycles. The topological polar surface area (TPSA) is 41.6 Å². The second kappa shape index (κ2) is 5.32. The summed E-state index contributed by atoms with van der Waals surface area (Å²) in [6.45, 7) is 3.06. The van der Waals surface area contributed by atoms with Gasteiger partial charge in [-0.15, -0.1) is 0 Å². The number of methoxy groups -OCH3 is 1. The summed E-state index contributed by atoms with van der Waals surface area (Å²) in [6.07, 6.45) is 2.33. The number of hydrogen-bond acceptors (Lipinski definition) is 3. The third-order valence-corrected chi connectivity index (χ3v) is 2.51. The van der Waals surface area contributed by atoms with E-state index < -0.39 is 0 Å². The van der Waals surface area contributed by atoms with Crippen LogP contribution in [0.1, 0.15) is 19.8 Å². The van der Waals surface area contributed by atoms with Gasteiger partial charge >= 0.3 is 0 Å². The van der Waals surface area contributed by atoms with E-state index in [0.717, 1.165) is 12.8 Å². The first-order chi connectivity index (χ1) is 6.65. The number of ether oxygens (including phenoxy) is 1. The number of hydrogen-bond donors (Lipinski definition) is 1. The summed E-state index contributed by atoms with van der Waals surface area (Å²) in [6, 6.07) is 0.735. The molecular weight excluding hydrogens is 180 g/mol. The Kier molecular flexibility index (Phi) is 4.35. The van der Waals surface area contributed by atoms with Crippen LogP contribution in [0, 0.1) is 0 Å². The Labute approximate surface area is 85.6 Å². The average Bonchev–Trinajstić information content (AvgIpc) is 2.96. The predicted molar refractivity (Wildman–Crippen MR) is 55.1 cm³/mol. The summed E-state index contributed by atoms with van der Waals surface area (Å²) in [5.74, 6) is 0.176. The number of rotatable bonds is 6. The third kappa shape index (κ3) is 3.64. The SMILES string of the molecule is COCC(C)NCC(=O)N(C)C1CC1. The van der Waals surface area contributed by atoms with E-state index in [0.29, 0.717) is 19.2 Å². The number of nitrogens with zero attached hydrogens (tertiary/aromatic N) is 1. The van der Waals surface area contributed by atoms with Crippen LogP contribution >= 0.6 is 0 Å². The molecule has 1 aliphatic carbocycles. The molecule has 0 saturated heterocycles. The summed E-state index contributed by atoms with van der Waals surface area (Å²) in [4.78, 5) is 13.4. The lowest BCUT2D eigenvalue weighted by atomic mass is 10.3. The van der Waals surface area contributed by atoms with Gasteiger partial charge < -0.3 is 15.0 Å². The fourth-order valence-electron chi connectivity index (χ4n) is 1.36. The van der Waals surface area contributed by atoms with Gasteiger partial charge in [-0.05, 0) is 19.8 Å². The van der Waals surface area contributed by atoms with Gasteiger partial charge in [-0.25, -0.2) is 0 Å². The van der Waals surface area contributed by atoms with E-state index in [-0.39, 0.29) is 11.9 Å². The molecule has 0 spiro atoms. The van der Waals surface area contributed by atoms with Crippen molar-refractivity contribution in [3.8, 4) is 0 Å². The maximum absolute atomic E-state index is 11.6. The first-order valence-corrected chi connectivity index (χ1v) is 5.13. The Balaban J connectivity index is 2.13. The Morgan fingerprint density at radius 2 is 2.29 bits per heavy atom. The molecule has 1 rings (SSSR count). The molecule has 1 unspecified atom stereocenters. The molecule has 82 valence electrons. The Morgan fingerprint density at radius 1 is 1.64 bits per heavy atom. The summed E-state index contributed by atoms with van der Waals surface area (Å²) in [7, 11) is 3.54. The summed E-state index contributed by atoms with van der Waals surface area (Å²) in [5.41, 5.74) is 0. The molecule has 0 aromatic carbocycles. The lowest BCUT2D eigenvalue weighted by Gasteiger charge is -2.18. The van der Waals surface area contributed by atoms with Gasteiger partial charge in [0.25, 0.3) is 0 Å². The number of carbonyl (C=O) groups excluding carboxylic acids is 1. The second-order valence-corrected chi connectivity index (χ2v) is 3.97. The van der Waals surface area contributed by atoms with Crippen LogP contribution in [-0.4, -0.2) is 50.2 Å². The van der Waals surface area contributed by atoms with Gasteiger partial charge in [0.1, 0.15) is 0 Å². The Bertz CT molecular complexity index is 193. The first kappa shape index (κ1) is 11.5. The van der Waals surface area contributed by atoms with E-state index in [1.54, 1.807) is 7.11 Å². The number of carbonyl (C=O) groups is 1. The van der Waals surface area contributed by atoms with E-state index in [1.165, 1.54) is 0 Å². The van der Waals surface area contributed by atoms with Crippen molar-refractivity contribution in [1.29, 1.82) is 0 Å². The van der Waals surface area contributed by atoms with Gasteiger partial charge in [0, 0.05) is 26.2 Å². The minimum Gasteiger partial charge on any atom is -0.383 e. The molecule has 0 aromatic rings. The maximum atomic E-state index is 11.6. The van der Waals surface area contributed by atoms with Crippen molar-refractivity contribution >= 4 is 5.91 Å². The molecule has 0 bridgehead atoms. The minimum atomic E-state index is 0.176. The van der Waals surface area contributed by atoms with Gasteiger partial charge in [0.15, 0.2) is 0 Å². The zero-order valence-corrected chi connectivity index (χ0v) is 9.25. The molecule has 1 aliphatic rings. The summed E-state index contributed by atoms with van der Waals surface area (Å²) >= 11 is 0. The fraction of sp³-hybridized carbons (Fsp3) is 0.900. The van der Waals surface area contributed by atoms with Crippen molar-refractivity contribution in [2.75, 3.05) is 27.3 Å². The van der Waals surface area contributed by atoms with Crippen LogP contribution < -0.4 is 5.32 Å². The fourth-order valence-corrected chi connectivity index (χ4v) is 1.36. The van der Waals surface area contributed by atoms with E-state index in [4.69, 9.17) is 4.74 Å². The highest BCUT2D eigenvalue weighted by Crippen LogP contribution is 2.24. The minimum absolute atomic E-state index is 0.176. The standard InChI is InChI=1S/C10H20N2O2/c1-8(7-14-3)11-6-10(13)12(2)9-4-5-9/h8-9,11H,4-7H2,1-3H3. The molecule has 0 aliphatic heterocycles. The first-order valence-electron chi connectivity index (χ1n) is 5.13. The number of amides is 1. The number of nitrogens with one attached hydrogen (secondary N) is 1. The molecule has 1 amide bonds. The molecular formula is C10H20N2O2. The molecule has 1 atom stereocenters. The quantitative estimate of drug-likeness (QED) is 0.667. The third-order valence-electron chi connectivity index (χ3n) is 2.51. The lowest BCUT2D eigenvalue weighted by molar-refractivity contribution is -0.129. The van der Waals surface area contributed by atoms with Crippen molar-refractivity contribution < 1.29 is 9.53 Å². The second-order valence-electron chi connectivity index (χ2n) is 3.97. The number of likely N-dealkylation sites (N-methyl/N-ethyl adjacent to an activating group) is 1. The van der Waals surface area contributed by atoms with Crippen LogP contribution in [0.3, 0.4) is 0 Å². The van der Waals surface area contributed by atoms with Gasteiger partial charge in [-0.1, -0.05) is 0 Å². The van der Waals surface area contributed by atoms with E-state index in [1.807, 2.05) is 18.9 Å². The van der Waals surface area contributed by atoms with Crippen LogP contribution in [-0.2, 0) is 9.53 Å². The normalized spacial score (nSPS) is 17.9. The zero-order valence-electron chi connectivity index (χ0n) is 9.25. The molecule has 1 fully saturated rings. The molecule has 0 heterocycles. The van der Waals surface area contributed by atoms with Crippen molar-refractivity contribution in [3.63, 3.8) is 0 Å². The maximum Gasteiger partial charge on any atom is 0.236 e. The lowest BCUT2D eigenvalue weighted by Crippen LogP contribution is -2.41. The Morgan fingerprint density at radius 3 is 2.79 bits per heavy atom. The molecule has 4 nitrogen and oxygen atoms in total. The monoisotopic (exact) mass is 200 g/mol. The van der Waals surface area contributed by atoms with Crippen LogP contribution in [0.5, 0.6) is 0 Å². The Hall–Kier alpha value is -0.610. The van der Waals surface area contributed by atoms with Crippen molar-refractivity contribution in [1.82, 2.24) is 10.2 Å². The molecule has 0 radical (unpaired) electrons. The van der Waals surface area contributed by atoms with Crippen LogP contribution in [0.25, 0.3) is 0 Å². The van der Waals surface area contributed by atoms with Gasteiger partial charge in [-0.2, -0.15) is 0 Å². The van der Waals surface area contributed by atoms with Crippen molar-refractivity contribution in [3.05, 3.63) is 0 Å². The van der Waals surface area contributed by atoms with Crippen molar-refractivity contribution in [2.45, 2.75) is 31.8 Å². The highest BCUT2D eigenvalue weighted by Gasteiger charge is 2.29. The highest BCUT2D eigenvalue weighted by atomic mass is 16.5. The largest absolute Gasteiger partial charge is 0.383 e. The van der Waals surface area contributed by atoms with Crippen LogP contribution in [0.4, 0.5) is 0 Å². The highest BCUT2D eigenvalue weighted by molar-refractivity contribution is 5.78. The van der Waals surface area contributed by atoms with Crippen LogP contribution in [0.2, 0.25) is 0 Å². The van der Waals surface area contributed by atoms with E-state index >= 15 is 0 Å². The smallest absolute Gasteiger partial charge is 0.236 e. The van der Waals surface area contributed by atoms with E-state index in [2.05, 4.69) is 5.32 Å². The van der Waals surface area contributed by atoms with Gasteiger partial charge in [0.05, 0.1) is 13.2 Å². The summed E-state index contributed by atoms with van der Waals surface area (Å²) < 4.78 is 4.97. The molecule has 1 N–H and O–H groups in total. The summed E-state index contributed by atoms with van der Waals surface area (Å²) in [5, 5.41) is 3.13. The molecule has 14 heavy (non-hydrogen) atoms. The van der Waals surface area contributed by atoms with Crippen molar-refractivity contribution in [2.24, 2.45) is 0 Å². The van der Waals surface area contributed by atoms with E-state index in [9.17, 15) is 4.79 Å². The molecule has 0 aromatic heterocycles. The van der Waals surface area contributed by atoms with Gasteiger partial charge in [0.2, 0.25) is 5.91 Å². The predicted octanol–water partition coefficient (Wildman–Crippen LogP) is 0.232. The zero-order chi connectivity index (χ0) is 10.6. The molecule has 4 heteroatoms. The van der Waals surface area contributed by atoms with Crippen LogP contribution in [0.15, 0.2) is 0 Å². The average molecular weight is 200 g/mol.